The number of amides is 3. The molecule has 0 spiro atoms. The Bertz CT molecular complexity index is 1180. The maximum atomic E-state index is 13.1. The highest BCUT2D eigenvalue weighted by Crippen LogP contribution is 2.48. The Hall–Kier alpha value is -3.37. The van der Waals surface area contributed by atoms with Crippen LogP contribution in [0.3, 0.4) is 0 Å². The van der Waals surface area contributed by atoms with Crippen molar-refractivity contribution < 1.29 is 38.7 Å². The summed E-state index contributed by atoms with van der Waals surface area (Å²) in [6, 6.07) is -1.31. The van der Waals surface area contributed by atoms with Crippen molar-refractivity contribution >= 4 is 57.8 Å². The second kappa shape index (κ2) is 9.59. The molecule has 3 amide bonds. The van der Waals surface area contributed by atoms with Gasteiger partial charge in [-0.1, -0.05) is 5.16 Å². The summed E-state index contributed by atoms with van der Waals surface area (Å²) < 4.78 is 5.17. The number of nitrogens with one attached hydrogen (secondary N) is 1. The number of hydrogen-bond donors (Lipinski definition) is 4. The van der Waals surface area contributed by atoms with E-state index in [2.05, 4.69) is 15.5 Å². The second-order valence-electron chi connectivity index (χ2n) is 8.79. The van der Waals surface area contributed by atoms with Crippen LogP contribution in [0.5, 0.6) is 0 Å². The number of carbonyl (C=O) groups excluding carboxylic acids is 4. The van der Waals surface area contributed by atoms with Gasteiger partial charge in [0.05, 0.1) is 24.8 Å². The Kier molecular flexibility index (Phi) is 6.85. The number of thioether (sulfide) groups is 1. The Morgan fingerprint density at radius 1 is 1.44 bits per heavy atom. The Balaban J connectivity index is 1.61. The number of nitrogens with zero attached hydrogens (tertiary/aromatic N) is 4. The maximum Gasteiger partial charge on any atom is 0.404 e. The molecule has 1 aromatic heterocycles. The van der Waals surface area contributed by atoms with Crippen LogP contribution in [0.2, 0.25) is 0 Å². The zero-order valence-electron chi connectivity index (χ0n) is 19.4. The van der Waals surface area contributed by atoms with E-state index in [9.17, 15) is 29.5 Å². The number of ether oxygens (including phenoxy) is 1. The number of β-lactam (4-membered cyclic amide) rings is 1. The summed E-state index contributed by atoms with van der Waals surface area (Å²) in [5.74, 6) is -3.02. The molecule has 4 heterocycles. The molecule has 36 heavy (non-hydrogen) atoms. The number of rotatable bonds is 7. The van der Waals surface area contributed by atoms with Gasteiger partial charge in [-0.15, -0.1) is 23.1 Å². The first-order chi connectivity index (χ1) is 17.0. The van der Waals surface area contributed by atoms with Gasteiger partial charge in [0.1, 0.15) is 41.2 Å². The summed E-state index contributed by atoms with van der Waals surface area (Å²) >= 11 is 2.35. The molecular weight excluding hydrogens is 514 g/mol. The first kappa shape index (κ1) is 25.7. The standard InChI is InChI=1S/C20H25N7O7S2/c1-8-14(27(2)5-3-4-9(27)6-34-20(22)32)13(18(30)31)26-16(29)12(17(26)36-8)24-15(28)11(25-33)10-7-35-19(21)23-10/h7-9,12,17H,3-6H2,1-2H3,(H6-,21,22,23,24,28,30,31,32,33)/t8?,9?,12?,17-,27?/m1/s1. The molecule has 1 aromatic rings. The van der Waals surface area contributed by atoms with Gasteiger partial charge in [0.15, 0.2) is 10.8 Å². The van der Waals surface area contributed by atoms with Crippen LogP contribution in [0, 0.1) is 0 Å². The molecule has 2 saturated heterocycles. The minimum Gasteiger partial charge on any atom is -0.543 e. The van der Waals surface area contributed by atoms with Crippen molar-refractivity contribution in [1.82, 2.24) is 15.2 Å². The average Bonchev–Trinajstić information content (AvgIpc) is 3.41. The predicted octanol–water partition coefficient (Wildman–Crippen LogP) is -1.64. The molecule has 0 aromatic carbocycles. The number of anilines is 1. The lowest BCUT2D eigenvalue weighted by molar-refractivity contribution is -0.886. The smallest absolute Gasteiger partial charge is 0.404 e. The third-order valence-electron chi connectivity index (χ3n) is 6.75. The van der Waals surface area contributed by atoms with Gasteiger partial charge in [-0.25, -0.2) is 9.78 Å². The summed E-state index contributed by atoms with van der Waals surface area (Å²) in [6.07, 6.45) is 0.507. The minimum atomic E-state index is -1.52. The largest absolute Gasteiger partial charge is 0.543 e. The van der Waals surface area contributed by atoms with Crippen molar-refractivity contribution in [2.45, 2.75) is 42.5 Å². The highest BCUT2D eigenvalue weighted by Gasteiger charge is 2.59. The number of likely N-dealkylation sites (N-methyl/N-ethyl adjacent to an activating group) is 1. The summed E-state index contributed by atoms with van der Waals surface area (Å²) in [4.78, 5) is 54.4. The number of quaternary nitrogens is 1. The van der Waals surface area contributed by atoms with E-state index in [1.807, 2.05) is 14.0 Å². The second-order valence-corrected chi connectivity index (χ2v) is 11.1. The normalized spacial score (nSPS) is 30.0. The number of carboxylic acids is 1. The molecule has 14 nitrogen and oxygen atoms in total. The van der Waals surface area contributed by atoms with Gasteiger partial charge in [0.2, 0.25) is 0 Å². The van der Waals surface area contributed by atoms with E-state index in [0.29, 0.717) is 18.7 Å². The summed E-state index contributed by atoms with van der Waals surface area (Å²) in [6.45, 7) is 2.39. The van der Waals surface area contributed by atoms with Gasteiger partial charge < -0.3 is 36.6 Å². The Labute approximate surface area is 213 Å². The van der Waals surface area contributed by atoms with Crippen molar-refractivity contribution in [3.63, 3.8) is 0 Å². The molecule has 3 aliphatic heterocycles. The maximum absolute atomic E-state index is 13.1. The number of oxime groups is 1. The fourth-order valence-electron chi connectivity index (χ4n) is 5.11. The van der Waals surface area contributed by atoms with Crippen LogP contribution in [-0.2, 0) is 19.1 Å². The highest BCUT2D eigenvalue weighted by atomic mass is 32.2. The zero-order chi connectivity index (χ0) is 26.4. The molecule has 0 radical (unpaired) electrons. The lowest BCUT2D eigenvalue weighted by Crippen LogP contribution is -2.73. The Morgan fingerprint density at radius 2 is 2.17 bits per heavy atom. The van der Waals surface area contributed by atoms with E-state index in [0.717, 1.165) is 22.7 Å². The van der Waals surface area contributed by atoms with Crippen LogP contribution < -0.4 is 21.9 Å². The number of fused-ring (bicyclic) bond motifs is 1. The van der Waals surface area contributed by atoms with Crippen LogP contribution >= 0.6 is 23.1 Å². The number of likely N-dealkylation sites (tertiary alicyclic amines) is 1. The molecule has 2 fully saturated rings. The number of aromatic nitrogens is 1. The topological polar surface area (TPSA) is 213 Å². The zero-order valence-corrected chi connectivity index (χ0v) is 21.0. The van der Waals surface area contributed by atoms with E-state index in [-0.39, 0.29) is 38.9 Å². The number of nitrogen functional groups attached to an aromatic ring is 1. The molecule has 0 aliphatic carbocycles. The first-order valence-corrected chi connectivity index (χ1v) is 12.8. The van der Waals surface area contributed by atoms with Crippen LogP contribution in [-0.4, -0.2) is 92.1 Å². The van der Waals surface area contributed by atoms with E-state index >= 15 is 0 Å². The molecule has 0 bridgehead atoms. The van der Waals surface area contributed by atoms with Crippen LogP contribution in [0.1, 0.15) is 25.5 Å². The number of primary amides is 1. The number of nitrogens with two attached hydrogens (primary N) is 2. The third-order valence-corrected chi connectivity index (χ3v) is 8.82. The van der Waals surface area contributed by atoms with Crippen LogP contribution in [0.4, 0.5) is 9.93 Å². The fraction of sp³-hybridized carbons (Fsp3) is 0.500. The van der Waals surface area contributed by atoms with Crippen molar-refractivity contribution in [3.05, 3.63) is 22.5 Å². The monoisotopic (exact) mass is 539 g/mol. The lowest BCUT2D eigenvalue weighted by Gasteiger charge is -2.54. The minimum absolute atomic E-state index is 0.00745. The predicted molar refractivity (Wildman–Crippen MR) is 126 cm³/mol. The number of aliphatic carboxylic acids is 1. The number of carbonyl (C=O) groups is 4. The summed E-state index contributed by atoms with van der Waals surface area (Å²) in [7, 11) is 1.84. The molecule has 0 saturated carbocycles. The average molecular weight is 540 g/mol. The van der Waals surface area contributed by atoms with Gasteiger partial charge in [0.25, 0.3) is 11.8 Å². The number of hydrogen-bond acceptors (Lipinski definition) is 12. The molecule has 4 rings (SSSR count). The highest BCUT2D eigenvalue weighted by molar-refractivity contribution is 8.00. The molecule has 6 N–H and O–H groups in total. The molecule has 5 atom stereocenters. The van der Waals surface area contributed by atoms with E-state index in [1.165, 1.54) is 17.1 Å². The first-order valence-electron chi connectivity index (χ1n) is 11.0. The molecule has 16 heteroatoms. The van der Waals surface area contributed by atoms with E-state index < -0.39 is 41.0 Å². The van der Waals surface area contributed by atoms with Gasteiger partial charge >= 0.3 is 6.09 Å². The molecule has 4 unspecified atom stereocenters. The quantitative estimate of drug-likeness (QED) is 0.102. The van der Waals surface area contributed by atoms with Crippen LogP contribution in [0.25, 0.3) is 0 Å². The molecule has 194 valence electrons. The van der Waals surface area contributed by atoms with Crippen LogP contribution in [0.15, 0.2) is 21.9 Å². The van der Waals surface area contributed by atoms with Gasteiger partial charge in [-0.05, 0) is 6.92 Å². The van der Waals surface area contributed by atoms with Gasteiger partial charge in [-0.2, -0.15) is 0 Å². The van der Waals surface area contributed by atoms with Gasteiger partial charge in [-0.3, -0.25) is 19.0 Å². The van der Waals surface area contributed by atoms with E-state index in [1.54, 1.807) is 0 Å². The van der Waals surface area contributed by atoms with E-state index in [4.69, 9.17) is 16.2 Å². The number of thiazole rings is 1. The molecule has 3 aliphatic rings. The van der Waals surface area contributed by atoms with Crippen molar-refractivity contribution in [3.8, 4) is 0 Å². The SMILES string of the molecule is CC1S[C@@H]2C(NC(=O)C(=NO)c3csc(N)n3)C(=O)N2C(C(=O)[O-])=C1[N+]1(C)CCCC1COC(N)=O. The lowest BCUT2D eigenvalue weighted by atomic mass is 10.0. The number of carboxylic acid groups (broad SMARTS) is 1. The molecular formula is C20H25N7O7S2. The third kappa shape index (κ3) is 4.24. The fourth-order valence-corrected chi connectivity index (χ4v) is 7.23. The van der Waals surface area contributed by atoms with Crippen molar-refractivity contribution in [2.24, 2.45) is 10.9 Å². The summed E-state index contributed by atoms with van der Waals surface area (Å²) in [5, 5.41) is 27.6. The van der Waals surface area contributed by atoms with Crippen molar-refractivity contribution in [2.75, 3.05) is 25.9 Å². The van der Waals surface area contributed by atoms with Crippen molar-refractivity contribution in [1.29, 1.82) is 0 Å². The van der Waals surface area contributed by atoms with Gasteiger partial charge in [0, 0.05) is 18.2 Å². The summed E-state index contributed by atoms with van der Waals surface area (Å²) in [5.41, 5.74) is 10.5. The Morgan fingerprint density at radius 3 is 2.75 bits per heavy atom.